The summed E-state index contributed by atoms with van der Waals surface area (Å²) in [7, 11) is 0. The fraction of sp³-hybridized carbons (Fsp3) is 0.600. The Bertz CT molecular complexity index is 1010. The number of carbonyl (C=O) groups excluding carboxylic acids is 2. The van der Waals surface area contributed by atoms with E-state index < -0.39 is 6.10 Å². The third kappa shape index (κ3) is 3.38. The first-order chi connectivity index (χ1) is 15.9. The molecule has 0 radical (unpaired) electrons. The third-order valence-corrected chi connectivity index (χ3v) is 8.68. The molecule has 33 heavy (non-hydrogen) atoms. The number of likely N-dealkylation sites (tertiary alicyclic amines) is 2. The quantitative estimate of drug-likeness (QED) is 0.686. The lowest BCUT2D eigenvalue weighted by molar-refractivity contribution is -0.167. The number of allylic oxidation sites excluding steroid dienone is 3. The van der Waals surface area contributed by atoms with Gasteiger partial charge in [-0.15, -0.1) is 0 Å². The number of aromatic nitrogens is 2. The van der Waals surface area contributed by atoms with E-state index in [0.29, 0.717) is 26.2 Å². The summed E-state index contributed by atoms with van der Waals surface area (Å²) in [5.74, 6) is 0.361. The van der Waals surface area contributed by atoms with Gasteiger partial charge in [-0.1, -0.05) is 12.7 Å². The number of imidazole rings is 1. The highest BCUT2D eigenvalue weighted by molar-refractivity contribution is 6.10. The Balaban J connectivity index is 1.22. The van der Waals surface area contributed by atoms with Gasteiger partial charge >= 0.3 is 0 Å². The van der Waals surface area contributed by atoms with Crippen molar-refractivity contribution in [3.8, 4) is 0 Å². The number of hydrogen-bond donors (Lipinski definition) is 2. The molecule has 1 aromatic rings. The molecular weight excluding hydrogens is 418 g/mol. The number of amides is 2. The summed E-state index contributed by atoms with van der Waals surface area (Å²) in [6.07, 6.45) is 10.3. The molecule has 0 bridgehead atoms. The Kier molecular flexibility index (Phi) is 5.51. The van der Waals surface area contributed by atoms with Crippen LogP contribution in [-0.2, 0) is 9.59 Å². The number of piperidine rings is 2. The van der Waals surface area contributed by atoms with Crippen molar-refractivity contribution in [3.05, 3.63) is 36.4 Å². The van der Waals surface area contributed by atoms with Crippen LogP contribution in [-0.4, -0.2) is 74.8 Å². The molecule has 0 unspecified atom stereocenters. The minimum atomic E-state index is -0.450. The zero-order valence-corrected chi connectivity index (χ0v) is 19.2. The maximum absolute atomic E-state index is 13.1. The molecule has 3 fully saturated rings. The van der Waals surface area contributed by atoms with E-state index in [-0.39, 0.29) is 35.1 Å². The molecule has 4 aliphatic rings. The first-order valence-electron chi connectivity index (χ1n) is 12.0. The van der Waals surface area contributed by atoms with Crippen molar-refractivity contribution >= 4 is 23.6 Å². The van der Waals surface area contributed by atoms with Crippen LogP contribution in [0.15, 0.2) is 30.8 Å². The highest BCUT2D eigenvalue weighted by Gasteiger charge is 2.58. The second-order valence-corrected chi connectivity index (χ2v) is 10.1. The monoisotopic (exact) mass is 451 g/mol. The highest BCUT2D eigenvalue weighted by atomic mass is 16.3. The van der Waals surface area contributed by atoms with E-state index in [1.54, 1.807) is 19.4 Å². The molecule has 8 nitrogen and oxygen atoms in total. The molecule has 176 valence electrons. The van der Waals surface area contributed by atoms with Crippen molar-refractivity contribution in [1.82, 2.24) is 19.4 Å². The van der Waals surface area contributed by atoms with Crippen LogP contribution in [0.5, 0.6) is 0 Å². The molecule has 0 aromatic carbocycles. The highest BCUT2D eigenvalue weighted by Crippen LogP contribution is 2.59. The molecule has 1 aromatic heterocycles. The third-order valence-electron chi connectivity index (χ3n) is 8.68. The Morgan fingerprint density at radius 2 is 1.91 bits per heavy atom. The summed E-state index contributed by atoms with van der Waals surface area (Å²) < 4.78 is 2.07. The maximum atomic E-state index is 13.1. The van der Waals surface area contributed by atoms with Crippen LogP contribution >= 0.6 is 0 Å². The van der Waals surface area contributed by atoms with Gasteiger partial charge in [-0.2, -0.15) is 0 Å². The van der Waals surface area contributed by atoms with Gasteiger partial charge in [0.1, 0.15) is 0 Å². The molecule has 3 aliphatic heterocycles. The van der Waals surface area contributed by atoms with Crippen LogP contribution in [0, 0.1) is 22.7 Å². The zero-order valence-electron chi connectivity index (χ0n) is 19.2. The molecule has 3 atom stereocenters. The molecule has 8 heteroatoms. The van der Waals surface area contributed by atoms with Gasteiger partial charge in [-0.25, -0.2) is 4.98 Å². The zero-order chi connectivity index (χ0) is 23.3. The predicted molar refractivity (Wildman–Crippen MR) is 125 cm³/mol. The SMILES string of the molecule is C=CC1=C(C=N)c2cncn2[C@H]1[C@@H]1CC2(CCN(C(=O)C3CCN(C(C)=O)CC3)CC2)[C@@H]1O. The number of fused-ring (bicyclic) bond motifs is 1. The standard InChI is InChI=1S/C25H33N5O3/c1-3-18-20(13-26)21-14-27-15-30(21)22(18)19-12-25(23(19)32)6-10-29(11-7-25)24(33)17-4-8-28(9-5-17)16(2)31/h3,13-15,17,19,22-23,26,32H,1,4-12H2,2H3/t19-,22+,23+/m0/s1. The molecule has 2 N–H and O–H groups in total. The molecular formula is C25H33N5O3. The predicted octanol–water partition coefficient (Wildman–Crippen LogP) is 2.28. The largest absolute Gasteiger partial charge is 0.392 e. The Morgan fingerprint density at radius 3 is 2.48 bits per heavy atom. The van der Waals surface area contributed by atoms with Crippen LogP contribution in [0.3, 0.4) is 0 Å². The van der Waals surface area contributed by atoms with Crippen molar-refractivity contribution in [1.29, 1.82) is 5.41 Å². The first-order valence-corrected chi connectivity index (χ1v) is 12.0. The van der Waals surface area contributed by atoms with E-state index in [4.69, 9.17) is 5.41 Å². The Hall–Kier alpha value is -2.74. The van der Waals surface area contributed by atoms with Crippen LogP contribution in [0.25, 0.3) is 5.57 Å². The Morgan fingerprint density at radius 1 is 1.21 bits per heavy atom. The van der Waals surface area contributed by atoms with E-state index in [2.05, 4.69) is 16.1 Å². The van der Waals surface area contributed by atoms with E-state index in [0.717, 1.165) is 48.9 Å². The van der Waals surface area contributed by atoms with Gasteiger partial charge in [0.15, 0.2) is 0 Å². The molecule has 5 rings (SSSR count). The second kappa shape index (κ2) is 8.24. The first kappa shape index (κ1) is 22.1. The van der Waals surface area contributed by atoms with Crippen LogP contribution in [0.1, 0.15) is 50.8 Å². The fourth-order valence-corrected chi connectivity index (χ4v) is 6.67. The van der Waals surface area contributed by atoms with Crippen LogP contribution < -0.4 is 0 Å². The van der Waals surface area contributed by atoms with Crippen LogP contribution in [0.4, 0.5) is 0 Å². The minimum absolute atomic E-state index is 0.00620. The number of aliphatic hydroxyl groups is 1. The molecule has 4 heterocycles. The van der Waals surface area contributed by atoms with Gasteiger partial charge < -0.3 is 24.9 Å². The summed E-state index contributed by atoms with van der Waals surface area (Å²) in [6, 6.07) is -0.0386. The average molecular weight is 452 g/mol. The van der Waals surface area contributed by atoms with Crippen molar-refractivity contribution < 1.29 is 14.7 Å². The maximum Gasteiger partial charge on any atom is 0.225 e. The number of hydrogen-bond acceptors (Lipinski definition) is 5. The van der Waals surface area contributed by atoms with Crippen molar-refractivity contribution in [2.75, 3.05) is 26.2 Å². The fourth-order valence-electron chi connectivity index (χ4n) is 6.67. The van der Waals surface area contributed by atoms with E-state index >= 15 is 0 Å². The van der Waals surface area contributed by atoms with Crippen molar-refractivity contribution in [2.45, 2.75) is 51.2 Å². The van der Waals surface area contributed by atoms with E-state index in [1.165, 1.54) is 6.21 Å². The minimum Gasteiger partial charge on any atom is -0.392 e. The van der Waals surface area contributed by atoms with Gasteiger partial charge in [0.25, 0.3) is 0 Å². The number of aliphatic hydroxyl groups excluding tert-OH is 1. The van der Waals surface area contributed by atoms with Gasteiger partial charge in [0.05, 0.1) is 30.4 Å². The average Bonchev–Trinajstić information content (AvgIpc) is 3.42. The molecule has 1 aliphatic carbocycles. The number of nitrogens with zero attached hydrogens (tertiary/aromatic N) is 4. The van der Waals surface area contributed by atoms with Gasteiger partial charge in [-0.3, -0.25) is 9.59 Å². The summed E-state index contributed by atoms with van der Waals surface area (Å²) in [5, 5.41) is 19.2. The molecule has 2 saturated heterocycles. The van der Waals surface area contributed by atoms with Crippen LogP contribution in [0.2, 0.25) is 0 Å². The number of rotatable bonds is 4. The normalized spacial score (nSPS) is 29.1. The lowest BCUT2D eigenvalue weighted by Crippen LogP contribution is -2.60. The van der Waals surface area contributed by atoms with Gasteiger partial charge in [0, 0.05) is 62.1 Å². The summed E-state index contributed by atoms with van der Waals surface area (Å²) in [6.45, 7) is 8.26. The topological polar surface area (TPSA) is 103 Å². The van der Waals surface area contributed by atoms with Crippen molar-refractivity contribution in [2.24, 2.45) is 17.3 Å². The van der Waals surface area contributed by atoms with E-state index in [1.807, 2.05) is 15.9 Å². The molecule has 2 amide bonds. The molecule has 1 saturated carbocycles. The smallest absolute Gasteiger partial charge is 0.225 e. The molecule has 1 spiro atoms. The lowest BCUT2D eigenvalue weighted by atomic mass is 9.53. The number of carbonyl (C=O) groups is 2. The summed E-state index contributed by atoms with van der Waals surface area (Å²) >= 11 is 0. The summed E-state index contributed by atoms with van der Waals surface area (Å²) in [5.41, 5.74) is 2.59. The second-order valence-electron chi connectivity index (χ2n) is 10.1. The van der Waals surface area contributed by atoms with Gasteiger partial charge in [-0.05, 0) is 37.7 Å². The van der Waals surface area contributed by atoms with E-state index in [9.17, 15) is 14.7 Å². The van der Waals surface area contributed by atoms with Crippen molar-refractivity contribution in [3.63, 3.8) is 0 Å². The number of nitrogens with one attached hydrogen (secondary N) is 1. The Labute approximate surface area is 194 Å². The summed E-state index contributed by atoms with van der Waals surface area (Å²) in [4.78, 5) is 32.7. The lowest BCUT2D eigenvalue weighted by Gasteiger charge is -2.58. The van der Waals surface area contributed by atoms with Gasteiger partial charge in [0.2, 0.25) is 11.8 Å².